The van der Waals surface area contributed by atoms with E-state index in [0.29, 0.717) is 0 Å². The number of hydrogen-bond donors (Lipinski definition) is 0. The Labute approximate surface area is 128 Å². The Balaban J connectivity index is 1.96. The predicted octanol–water partition coefficient (Wildman–Crippen LogP) is 4.78. The molecule has 0 fully saturated rings. The molecule has 0 unspecified atom stereocenters. The van der Waals surface area contributed by atoms with E-state index in [4.69, 9.17) is 0 Å². The summed E-state index contributed by atoms with van der Waals surface area (Å²) in [6.45, 7) is 2.04. The summed E-state index contributed by atoms with van der Waals surface area (Å²) < 4.78 is 2.17. The molecule has 2 nitrogen and oxygen atoms in total. The SMILES string of the molecule is Cc1cn2c(n1)C=C(c1ccccc1)Sc1ccccc1-2. The number of imidazole rings is 1. The lowest BCUT2D eigenvalue weighted by Gasteiger charge is -2.09. The lowest BCUT2D eigenvalue weighted by molar-refractivity contribution is 1.01. The highest BCUT2D eigenvalue weighted by Crippen LogP contribution is 2.41. The van der Waals surface area contributed by atoms with Crippen molar-refractivity contribution in [1.82, 2.24) is 9.55 Å². The van der Waals surface area contributed by atoms with E-state index in [0.717, 1.165) is 11.5 Å². The topological polar surface area (TPSA) is 17.8 Å². The van der Waals surface area contributed by atoms with E-state index in [1.807, 2.05) is 13.0 Å². The van der Waals surface area contributed by atoms with Gasteiger partial charge < -0.3 is 0 Å². The molecular formula is C18H14N2S. The zero-order chi connectivity index (χ0) is 14.2. The van der Waals surface area contributed by atoms with Crippen molar-refractivity contribution in [1.29, 1.82) is 0 Å². The summed E-state index contributed by atoms with van der Waals surface area (Å²) in [5, 5.41) is 0. The minimum Gasteiger partial charge on any atom is -0.299 e. The van der Waals surface area contributed by atoms with Crippen LogP contribution in [0, 0.1) is 6.92 Å². The molecule has 102 valence electrons. The lowest BCUT2D eigenvalue weighted by Crippen LogP contribution is -1.95. The molecule has 1 aromatic heterocycles. The van der Waals surface area contributed by atoms with E-state index < -0.39 is 0 Å². The van der Waals surface area contributed by atoms with Crippen LogP contribution in [0.4, 0.5) is 0 Å². The van der Waals surface area contributed by atoms with E-state index >= 15 is 0 Å². The second kappa shape index (κ2) is 4.93. The first-order valence-electron chi connectivity index (χ1n) is 6.91. The van der Waals surface area contributed by atoms with Crippen molar-refractivity contribution in [3.05, 3.63) is 77.9 Å². The zero-order valence-corrected chi connectivity index (χ0v) is 12.5. The van der Waals surface area contributed by atoms with Crippen molar-refractivity contribution in [3.63, 3.8) is 0 Å². The zero-order valence-electron chi connectivity index (χ0n) is 11.7. The van der Waals surface area contributed by atoms with Crippen LogP contribution in [0.25, 0.3) is 16.7 Å². The molecule has 0 N–H and O–H groups in total. The Hall–Kier alpha value is -2.26. The summed E-state index contributed by atoms with van der Waals surface area (Å²) in [7, 11) is 0. The molecule has 2 heterocycles. The molecule has 3 heteroatoms. The van der Waals surface area contributed by atoms with Crippen LogP contribution in [-0.2, 0) is 0 Å². The predicted molar refractivity (Wildman–Crippen MR) is 88.5 cm³/mol. The molecule has 3 aromatic rings. The van der Waals surface area contributed by atoms with Gasteiger partial charge in [-0.15, -0.1) is 0 Å². The van der Waals surface area contributed by atoms with Gasteiger partial charge in [-0.3, -0.25) is 4.57 Å². The largest absolute Gasteiger partial charge is 0.299 e. The normalized spacial score (nSPS) is 13.1. The number of aromatic nitrogens is 2. The Morgan fingerprint density at radius 2 is 1.71 bits per heavy atom. The fraction of sp³-hybridized carbons (Fsp3) is 0.0556. The molecule has 21 heavy (non-hydrogen) atoms. The van der Waals surface area contributed by atoms with Gasteiger partial charge in [-0.25, -0.2) is 4.98 Å². The molecule has 0 atom stereocenters. The van der Waals surface area contributed by atoms with Crippen molar-refractivity contribution >= 4 is 22.7 Å². The van der Waals surface area contributed by atoms with Crippen molar-refractivity contribution in [3.8, 4) is 5.69 Å². The molecule has 0 saturated carbocycles. The number of thioether (sulfide) groups is 1. The van der Waals surface area contributed by atoms with Crippen LogP contribution in [0.5, 0.6) is 0 Å². The molecule has 0 spiro atoms. The molecule has 1 aliphatic heterocycles. The monoisotopic (exact) mass is 290 g/mol. The van der Waals surface area contributed by atoms with Crippen LogP contribution in [0.1, 0.15) is 17.1 Å². The lowest BCUT2D eigenvalue weighted by atomic mass is 10.2. The second-order valence-corrected chi connectivity index (χ2v) is 6.14. The fourth-order valence-corrected chi connectivity index (χ4v) is 3.64. The van der Waals surface area contributed by atoms with Crippen molar-refractivity contribution in [2.75, 3.05) is 0 Å². The number of aryl methyl sites for hydroxylation is 1. The van der Waals surface area contributed by atoms with Gasteiger partial charge in [0, 0.05) is 16.0 Å². The third-order valence-corrected chi connectivity index (χ3v) is 4.66. The Bertz CT molecular complexity index is 831. The number of rotatable bonds is 1. The fourth-order valence-electron chi connectivity index (χ4n) is 2.56. The molecule has 0 saturated heterocycles. The number of fused-ring (bicyclic) bond motifs is 3. The van der Waals surface area contributed by atoms with Crippen LogP contribution >= 0.6 is 11.8 Å². The van der Waals surface area contributed by atoms with Gasteiger partial charge in [-0.05, 0) is 30.7 Å². The third-order valence-electron chi connectivity index (χ3n) is 3.52. The van der Waals surface area contributed by atoms with Crippen LogP contribution < -0.4 is 0 Å². The molecule has 4 rings (SSSR count). The minimum absolute atomic E-state index is 0.990. The van der Waals surface area contributed by atoms with Gasteiger partial charge in [0.2, 0.25) is 0 Å². The quantitative estimate of drug-likeness (QED) is 0.641. The van der Waals surface area contributed by atoms with Crippen LogP contribution in [0.2, 0.25) is 0 Å². The standard InChI is InChI=1S/C18H14N2S/c1-13-12-20-15-9-5-6-10-16(15)21-17(11-18(20)19-13)14-7-3-2-4-8-14/h2-12H,1H3. The Morgan fingerprint density at radius 1 is 0.952 bits per heavy atom. The molecular weight excluding hydrogens is 276 g/mol. The number of benzene rings is 2. The van der Waals surface area contributed by atoms with E-state index in [1.54, 1.807) is 11.8 Å². The summed E-state index contributed by atoms with van der Waals surface area (Å²) in [5.41, 5.74) is 3.46. The van der Waals surface area contributed by atoms with Crippen molar-refractivity contribution in [2.45, 2.75) is 11.8 Å². The number of hydrogen-bond acceptors (Lipinski definition) is 2. The van der Waals surface area contributed by atoms with Crippen LogP contribution in [0.3, 0.4) is 0 Å². The smallest absolute Gasteiger partial charge is 0.138 e. The average molecular weight is 290 g/mol. The number of nitrogens with zero attached hydrogens (tertiary/aromatic N) is 2. The summed E-state index contributed by atoms with van der Waals surface area (Å²) in [4.78, 5) is 7.14. The maximum absolute atomic E-state index is 4.66. The third kappa shape index (κ3) is 2.20. The summed E-state index contributed by atoms with van der Waals surface area (Å²) in [6, 6.07) is 19.0. The van der Waals surface area contributed by atoms with Gasteiger partial charge in [0.25, 0.3) is 0 Å². The number of para-hydroxylation sites is 1. The molecule has 0 aliphatic carbocycles. The van der Waals surface area contributed by atoms with Gasteiger partial charge >= 0.3 is 0 Å². The van der Waals surface area contributed by atoms with E-state index in [-0.39, 0.29) is 0 Å². The summed E-state index contributed by atoms with van der Waals surface area (Å²) in [6.07, 6.45) is 4.27. The van der Waals surface area contributed by atoms with Gasteiger partial charge in [-0.2, -0.15) is 0 Å². The highest BCUT2D eigenvalue weighted by atomic mass is 32.2. The molecule has 2 aromatic carbocycles. The first kappa shape index (κ1) is 12.5. The average Bonchev–Trinajstić information content (AvgIpc) is 2.81. The van der Waals surface area contributed by atoms with E-state index in [2.05, 4.69) is 70.4 Å². The Kier molecular flexibility index (Phi) is 2.93. The van der Waals surface area contributed by atoms with Gasteiger partial charge in [0.05, 0.1) is 11.4 Å². The van der Waals surface area contributed by atoms with Gasteiger partial charge in [0.1, 0.15) is 5.82 Å². The van der Waals surface area contributed by atoms with E-state index in [1.165, 1.54) is 21.1 Å². The van der Waals surface area contributed by atoms with Crippen LogP contribution in [0.15, 0.2) is 65.7 Å². The van der Waals surface area contributed by atoms with Gasteiger partial charge in [0.15, 0.2) is 0 Å². The summed E-state index contributed by atoms with van der Waals surface area (Å²) in [5.74, 6) is 0.990. The van der Waals surface area contributed by atoms with Crippen molar-refractivity contribution < 1.29 is 0 Å². The molecule has 0 bridgehead atoms. The van der Waals surface area contributed by atoms with Crippen molar-refractivity contribution in [2.24, 2.45) is 0 Å². The second-order valence-electron chi connectivity index (χ2n) is 5.05. The maximum atomic E-state index is 4.66. The highest BCUT2D eigenvalue weighted by Gasteiger charge is 2.17. The molecule has 0 amide bonds. The maximum Gasteiger partial charge on any atom is 0.138 e. The van der Waals surface area contributed by atoms with E-state index in [9.17, 15) is 0 Å². The molecule has 0 radical (unpaired) electrons. The summed E-state index contributed by atoms with van der Waals surface area (Å²) >= 11 is 1.80. The first-order valence-corrected chi connectivity index (χ1v) is 7.73. The van der Waals surface area contributed by atoms with Gasteiger partial charge in [-0.1, -0.05) is 54.2 Å². The van der Waals surface area contributed by atoms with Crippen LogP contribution in [-0.4, -0.2) is 9.55 Å². The minimum atomic E-state index is 0.990. The highest BCUT2D eigenvalue weighted by molar-refractivity contribution is 8.08. The Morgan fingerprint density at radius 3 is 2.57 bits per heavy atom. The first-order chi connectivity index (χ1) is 10.3. The molecule has 1 aliphatic rings.